The minimum absolute atomic E-state index is 0.0420. The molecule has 3 nitrogen and oxygen atoms in total. The number of ketones is 1. The highest BCUT2D eigenvalue weighted by atomic mass is 32.1. The number of hydrogen-bond donors (Lipinski definition) is 1. The Morgan fingerprint density at radius 3 is 2.42 bits per heavy atom. The van der Waals surface area contributed by atoms with E-state index in [0.29, 0.717) is 0 Å². The van der Waals surface area contributed by atoms with Gasteiger partial charge in [-0.25, -0.2) is 0 Å². The maximum absolute atomic E-state index is 12.3. The Kier molecular flexibility index (Phi) is 5.52. The molecule has 0 spiro atoms. The van der Waals surface area contributed by atoms with E-state index in [1.54, 1.807) is 11.3 Å². The predicted octanol–water partition coefficient (Wildman–Crippen LogP) is 5.36. The van der Waals surface area contributed by atoms with Crippen molar-refractivity contribution in [1.29, 1.82) is 0 Å². The summed E-state index contributed by atoms with van der Waals surface area (Å²) in [4.78, 5) is 26.7. The first-order chi connectivity index (χ1) is 12.4. The number of amides is 1. The molecule has 0 radical (unpaired) electrons. The van der Waals surface area contributed by atoms with E-state index in [-0.39, 0.29) is 30.6 Å². The van der Waals surface area contributed by atoms with Crippen molar-refractivity contribution in [2.75, 3.05) is 0 Å². The van der Waals surface area contributed by atoms with Gasteiger partial charge in [-0.15, -0.1) is 11.3 Å². The average Bonchev–Trinajstić information content (AvgIpc) is 2.97. The molecule has 1 amide bonds. The summed E-state index contributed by atoms with van der Waals surface area (Å²) in [5, 5.41) is 5.34. The Morgan fingerprint density at radius 1 is 1.00 bits per heavy atom. The molecule has 2 aromatic carbocycles. The lowest BCUT2D eigenvalue weighted by atomic mass is 10.0. The van der Waals surface area contributed by atoms with Crippen molar-refractivity contribution in [3.63, 3.8) is 0 Å². The molecule has 0 aliphatic heterocycles. The quantitative estimate of drug-likeness (QED) is 0.598. The van der Waals surface area contributed by atoms with Crippen LogP contribution in [0.25, 0.3) is 10.8 Å². The van der Waals surface area contributed by atoms with Crippen molar-refractivity contribution >= 4 is 33.8 Å². The third kappa shape index (κ3) is 4.20. The van der Waals surface area contributed by atoms with Crippen molar-refractivity contribution in [1.82, 2.24) is 5.32 Å². The molecule has 1 atom stereocenters. The van der Waals surface area contributed by atoms with Gasteiger partial charge >= 0.3 is 0 Å². The molecular weight excluding hydrogens is 342 g/mol. The average molecular weight is 365 g/mol. The standard InChI is InChI=1S/C22H23NO2S/c1-14-12-20(16(3)26-14)21(24)10-11-22(25)23-15(2)18-9-8-17-6-4-5-7-19(17)13-18/h4-9,12-13,15H,10-11H2,1-3H3,(H,23,25). The zero-order valence-corrected chi connectivity index (χ0v) is 16.2. The van der Waals surface area contributed by atoms with Gasteiger partial charge in [0, 0.05) is 28.2 Å². The summed E-state index contributed by atoms with van der Waals surface area (Å²) < 4.78 is 0. The van der Waals surface area contributed by atoms with Crippen LogP contribution in [0.15, 0.2) is 48.5 Å². The van der Waals surface area contributed by atoms with E-state index in [0.717, 1.165) is 26.3 Å². The first-order valence-corrected chi connectivity index (χ1v) is 9.64. The van der Waals surface area contributed by atoms with Gasteiger partial charge in [-0.05, 0) is 49.2 Å². The molecular formula is C22H23NO2S. The van der Waals surface area contributed by atoms with E-state index in [1.807, 2.05) is 45.0 Å². The van der Waals surface area contributed by atoms with Crippen LogP contribution in [0.1, 0.15) is 51.5 Å². The third-order valence-corrected chi connectivity index (χ3v) is 5.54. The van der Waals surface area contributed by atoms with E-state index >= 15 is 0 Å². The molecule has 26 heavy (non-hydrogen) atoms. The number of carbonyl (C=O) groups is 2. The van der Waals surface area contributed by atoms with Crippen LogP contribution in [-0.2, 0) is 4.79 Å². The predicted molar refractivity (Wildman–Crippen MR) is 108 cm³/mol. The number of benzene rings is 2. The van der Waals surface area contributed by atoms with E-state index < -0.39 is 0 Å². The molecule has 1 unspecified atom stereocenters. The van der Waals surface area contributed by atoms with Crippen molar-refractivity contribution in [3.8, 4) is 0 Å². The molecule has 134 valence electrons. The van der Waals surface area contributed by atoms with Crippen LogP contribution in [0, 0.1) is 13.8 Å². The van der Waals surface area contributed by atoms with Gasteiger partial charge in [-0.2, -0.15) is 0 Å². The fraction of sp³-hybridized carbons (Fsp3) is 0.273. The van der Waals surface area contributed by atoms with Crippen molar-refractivity contribution in [2.45, 2.75) is 39.7 Å². The van der Waals surface area contributed by atoms with E-state index in [4.69, 9.17) is 0 Å². The van der Waals surface area contributed by atoms with Crippen LogP contribution in [0.3, 0.4) is 0 Å². The van der Waals surface area contributed by atoms with Crippen LogP contribution in [0.2, 0.25) is 0 Å². The van der Waals surface area contributed by atoms with Gasteiger partial charge in [-0.3, -0.25) is 9.59 Å². The topological polar surface area (TPSA) is 46.2 Å². The lowest BCUT2D eigenvalue weighted by Crippen LogP contribution is -2.27. The Bertz CT molecular complexity index is 958. The maximum Gasteiger partial charge on any atom is 0.220 e. The smallest absolute Gasteiger partial charge is 0.220 e. The van der Waals surface area contributed by atoms with Gasteiger partial charge in [-0.1, -0.05) is 36.4 Å². The summed E-state index contributed by atoms with van der Waals surface area (Å²) in [7, 11) is 0. The molecule has 1 heterocycles. The van der Waals surface area contributed by atoms with Gasteiger partial charge in [0.05, 0.1) is 6.04 Å². The molecule has 0 aliphatic rings. The SMILES string of the molecule is Cc1cc(C(=O)CCC(=O)NC(C)c2ccc3ccccc3c2)c(C)s1. The highest BCUT2D eigenvalue weighted by Gasteiger charge is 2.15. The molecule has 3 rings (SSSR count). The Labute approximate surface area is 158 Å². The van der Waals surface area contributed by atoms with E-state index in [2.05, 4.69) is 29.6 Å². The lowest BCUT2D eigenvalue weighted by Gasteiger charge is -2.15. The fourth-order valence-electron chi connectivity index (χ4n) is 3.14. The molecule has 1 N–H and O–H groups in total. The summed E-state index contributed by atoms with van der Waals surface area (Å²) in [5.41, 5.74) is 1.82. The first-order valence-electron chi connectivity index (χ1n) is 8.82. The summed E-state index contributed by atoms with van der Waals surface area (Å²) in [6.07, 6.45) is 0.457. The summed E-state index contributed by atoms with van der Waals surface area (Å²) in [5.74, 6) is -0.0519. The summed E-state index contributed by atoms with van der Waals surface area (Å²) in [6.45, 7) is 5.91. The first kappa shape index (κ1) is 18.3. The second kappa shape index (κ2) is 7.83. The Morgan fingerprint density at radius 2 is 1.73 bits per heavy atom. The van der Waals surface area contributed by atoms with Crippen molar-refractivity contribution in [2.24, 2.45) is 0 Å². The second-order valence-corrected chi connectivity index (χ2v) is 8.11. The van der Waals surface area contributed by atoms with Gasteiger partial charge in [0.2, 0.25) is 5.91 Å². The zero-order valence-electron chi connectivity index (χ0n) is 15.3. The van der Waals surface area contributed by atoms with Gasteiger partial charge in [0.25, 0.3) is 0 Å². The number of thiophene rings is 1. The third-order valence-electron chi connectivity index (χ3n) is 4.57. The number of hydrogen-bond acceptors (Lipinski definition) is 3. The minimum Gasteiger partial charge on any atom is -0.350 e. The Balaban J connectivity index is 1.58. The molecule has 3 aromatic rings. The van der Waals surface area contributed by atoms with Crippen LogP contribution in [0.5, 0.6) is 0 Å². The lowest BCUT2D eigenvalue weighted by molar-refractivity contribution is -0.121. The number of rotatable bonds is 6. The van der Waals surface area contributed by atoms with Gasteiger partial charge < -0.3 is 5.32 Å². The number of aryl methyl sites for hydroxylation is 2. The minimum atomic E-state index is -0.0939. The summed E-state index contributed by atoms with van der Waals surface area (Å²) in [6, 6.07) is 16.2. The zero-order chi connectivity index (χ0) is 18.7. The maximum atomic E-state index is 12.3. The number of fused-ring (bicyclic) bond motifs is 1. The second-order valence-electron chi connectivity index (χ2n) is 6.65. The molecule has 0 bridgehead atoms. The van der Waals surface area contributed by atoms with Crippen molar-refractivity contribution in [3.05, 3.63) is 69.4 Å². The normalized spacial score (nSPS) is 12.1. The molecule has 0 saturated carbocycles. The molecule has 1 aromatic heterocycles. The van der Waals surface area contributed by atoms with Gasteiger partial charge in [0.1, 0.15) is 0 Å². The number of nitrogens with one attached hydrogen (secondary N) is 1. The highest BCUT2D eigenvalue weighted by Crippen LogP contribution is 2.23. The largest absolute Gasteiger partial charge is 0.350 e. The monoisotopic (exact) mass is 365 g/mol. The fourth-order valence-corrected chi connectivity index (χ4v) is 4.09. The van der Waals surface area contributed by atoms with E-state index in [1.165, 1.54) is 5.39 Å². The van der Waals surface area contributed by atoms with E-state index in [9.17, 15) is 9.59 Å². The van der Waals surface area contributed by atoms with Crippen LogP contribution >= 0.6 is 11.3 Å². The van der Waals surface area contributed by atoms with Crippen LogP contribution in [0.4, 0.5) is 0 Å². The number of carbonyl (C=O) groups excluding carboxylic acids is 2. The van der Waals surface area contributed by atoms with Gasteiger partial charge in [0.15, 0.2) is 5.78 Å². The van der Waals surface area contributed by atoms with Crippen molar-refractivity contribution < 1.29 is 9.59 Å². The highest BCUT2D eigenvalue weighted by molar-refractivity contribution is 7.12. The molecule has 0 fully saturated rings. The van der Waals surface area contributed by atoms with Crippen LogP contribution in [-0.4, -0.2) is 11.7 Å². The molecule has 0 aliphatic carbocycles. The Hall–Kier alpha value is -2.46. The summed E-state index contributed by atoms with van der Waals surface area (Å²) >= 11 is 1.62. The van der Waals surface area contributed by atoms with Crippen LogP contribution < -0.4 is 5.32 Å². The number of Topliss-reactive ketones (excluding diaryl/α,β-unsaturated/α-hetero) is 1. The molecule has 4 heteroatoms. The molecule has 0 saturated heterocycles.